The van der Waals surface area contributed by atoms with Gasteiger partial charge in [-0.05, 0) is 6.92 Å². The fourth-order valence-electron chi connectivity index (χ4n) is 0.832. The van der Waals surface area contributed by atoms with Gasteiger partial charge >= 0.3 is 0 Å². The van der Waals surface area contributed by atoms with Gasteiger partial charge in [-0.25, -0.2) is 0 Å². The fourth-order valence-corrected chi connectivity index (χ4v) is 1.10. The Balaban J connectivity index is 2.86. The van der Waals surface area contributed by atoms with Crippen molar-refractivity contribution in [3.8, 4) is 0 Å². The lowest BCUT2D eigenvalue weighted by molar-refractivity contribution is 0.0996. The van der Waals surface area contributed by atoms with Crippen LogP contribution >= 0.6 is 15.9 Å². The minimum Gasteiger partial charge on any atom is -0.293 e. The summed E-state index contributed by atoms with van der Waals surface area (Å²) in [5.41, 5.74) is 0.761. The summed E-state index contributed by atoms with van der Waals surface area (Å²) >= 11 is 3.23. The summed E-state index contributed by atoms with van der Waals surface area (Å²) in [6, 6.07) is 9.26. The van der Waals surface area contributed by atoms with Crippen LogP contribution in [0.15, 0.2) is 30.3 Å². The largest absolute Gasteiger partial charge is 0.293 e. The van der Waals surface area contributed by atoms with E-state index in [4.69, 9.17) is 0 Å². The van der Waals surface area contributed by atoms with Crippen molar-refractivity contribution in [1.29, 1.82) is 0 Å². The summed E-state index contributed by atoms with van der Waals surface area (Å²) in [7, 11) is 0. The Bertz CT molecular complexity index is 241. The van der Waals surface area contributed by atoms with Crippen molar-refractivity contribution in [3.05, 3.63) is 35.9 Å². The van der Waals surface area contributed by atoms with Crippen LogP contribution < -0.4 is 0 Å². The van der Waals surface area contributed by atoms with Gasteiger partial charge in [-0.15, -0.1) is 0 Å². The van der Waals surface area contributed by atoms with Crippen LogP contribution in [0.3, 0.4) is 0 Å². The molecule has 0 saturated heterocycles. The molecule has 0 amide bonds. The Labute approximate surface area is 74.6 Å². The first kappa shape index (κ1) is 8.47. The second-order valence-electron chi connectivity index (χ2n) is 2.35. The summed E-state index contributed by atoms with van der Waals surface area (Å²) < 4.78 is 0. The van der Waals surface area contributed by atoms with E-state index in [1.54, 1.807) is 0 Å². The topological polar surface area (TPSA) is 17.1 Å². The van der Waals surface area contributed by atoms with Crippen molar-refractivity contribution in [2.75, 3.05) is 0 Å². The molecule has 0 aliphatic heterocycles. The zero-order chi connectivity index (χ0) is 8.27. The molecule has 58 valence electrons. The molecule has 1 rings (SSSR count). The van der Waals surface area contributed by atoms with Crippen LogP contribution in [0, 0.1) is 0 Å². The molecule has 0 radical (unpaired) electrons. The van der Waals surface area contributed by atoms with Gasteiger partial charge in [-0.3, -0.25) is 4.79 Å². The minimum absolute atomic E-state index is 0.0927. The van der Waals surface area contributed by atoms with Crippen molar-refractivity contribution in [2.24, 2.45) is 0 Å². The van der Waals surface area contributed by atoms with Crippen molar-refractivity contribution in [3.63, 3.8) is 0 Å². The molecule has 1 nitrogen and oxygen atoms in total. The molecule has 11 heavy (non-hydrogen) atoms. The van der Waals surface area contributed by atoms with Crippen LogP contribution in [0.4, 0.5) is 0 Å². The Morgan fingerprint density at radius 3 is 2.36 bits per heavy atom. The monoisotopic (exact) mass is 212 g/mol. The van der Waals surface area contributed by atoms with Crippen molar-refractivity contribution in [2.45, 2.75) is 11.8 Å². The van der Waals surface area contributed by atoms with Crippen LogP contribution in [-0.4, -0.2) is 10.6 Å². The molecule has 0 N–H and O–H groups in total. The second kappa shape index (κ2) is 3.67. The van der Waals surface area contributed by atoms with Crippen LogP contribution in [0.2, 0.25) is 0 Å². The number of alkyl halides is 1. The third kappa shape index (κ3) is 2.15. The predicted molar refractivity (Wildman–Crippen MR) is 49.2 cm³/mol. The van der Waals surface area contributed by atoms with E-state index >= 15 is 0 Å². The highest BCUT2D eigenvalue weighted by molar-refractivity contribution is 9.10. The Hall–Kier alpha value is -0.630. The van der Waals surface area contributed by atoms with E-state index in [0.29, 0.717) is 0 Å². The van der Waals surface area contributed by atoms with Gasteiger partial charge in [0.2, 0.25) is 0 Å². The van der Waals surface area contributed by atoms with Crippen LogP contribution in [0.5, 0.6) is 0 Å². The molecule has 1 aromatic rings. The van der Waals surface area contributed by atoms with Gasteiger partial charge in [0, 0.05) is 5.56 Å². The van der Waals surface area contributed by atoms with Gasteiger partial charge < -0.3 is 0 Å². The first-order chi connectivity index (χ1) is 5.22. The average molecular weight is 213 g/mol. The van der Waals surface area contributed by atoms with Crippen LogP contribution in [0.1, 0.15) is 17.3 Å². The van der Waals surface area contributed by atoms with Crippen molar-refractivity contribution >= 4 is 21.7 Å². The van der Waals surface area contributed by atoms with E-state index in [1.807, 2.05) is 37.3 Å². The number of hydrogen-bond acceptors (Lipinski definition) is 1. The van der Waals surface area contributed by atoms with Gasteiger partial charge in [-0.1, -0.05) is 46.3 Å². The number of hydrogen-bond donors (Lipinski definition) is 0. The molecular weight excluding hydrogens is 204 g/mol. The Kier molecular flexibility index (Phi) is 2.83. The zero-order valence-electron chi connectivity index (χ0n) is 6.25. The third-order valence-corrected chi connectivity index (χ3v) is 1.84. The molecule has 2 heteroatoms. The second-order valence-corrected chi connectivity index (χ2v) is 3.72. The molecule has 0 unspecified atom stereocenters. The summed E-state index contributed by atoms with van der Waals surface area (Å²) in [4.78, 5) is 11.2. The number of rotatable bonds is 2. The Morgan fingerprint density at radius 2 is 1.91 bits per heavy atom. The molecule has 0 bridgehead atoms. The molecule has 1 aromatic carbocycles. The molecule has 0 aliphatic carbocycles. The summed E-state index contributed by atoms with van der Waals surface area (Å²) in [5.74, 6) is 0.130. The predicted octanol–water partition coefficient (Wildman–Crippen LogP) is 2.65. The lowest BCUT2D eigenvalue weighted by Crippen LogP contribution is -2.09. The van der Waals surface area contributed by atoms with Crippen LogP contribution in [0.25, 0.3) is 0 Å². The van der Waals surface area contributed by atoms with E-state index < -0.39 is 0 Å². The zero-order valence-corrected chi connectivity index (χ0v) is 7.84. The molecule has 0 saturated carbocycles. The van der Waals surface area contributed by atoms with E-state index in [9.17, 15) is 4.79 Å². The van der Waals surface area contributed by atoms with Crippen molar-refractivity contribution < 1.29 is 4.79 Å². The maximum absolute atomic E-state index is 11.3. The number of benzene rings is 1. The maximum atomic E-state index is 11.3. The molecule has 0 aliphatic rings. The van der Waals surface area contributed by atoms with E-state index in [0.717, 1.165) is 5.56 Å². The standard InChI is InChI=1S/C9H9BrO/c1-7(10)9(11)8-5-3-2-4-6-8/h2-7H,1H3/t7-/m1/s1. The number of ketones is 1. The highest BCUT2D eigenvalue weighted by Gasteiger charge is 2.09. The normalized spacial score (nSPS) is 12.5. The SMILES string of the molecule is C[C@@H](Br)C(=O)c1ccccc1. The van der Waals surface area contributed by atoms with Gasteiger partial charge in [0.05, 0.1) is 4.83 Å². The van der Waals surface area contributed by atoms with Crippen molar-refractivity contribution in [1.82, 2.24) is 0 Å². The number of Topliss-reactive ketones (excluding diaryl/α,β-unsaturated/α-hetero) is 1. The highest BCUT2D eigenvalue weighted by atomic mass is 79.9. The maximum Gasteiger partial charge on any atom is 0.176 e. The lowest BCUT2D eigenvalue weighted by Gasteiger charge is -2.00. The van der Waals surface area contributed by atoms with E-state index in [-0.39, 0.29) is 10.6 Å². The number of halogens is 1. The molecule has 1 atom stereocenters. The first-order valence-electron chi connectivity index (χ1n) is 3.45. The van der Waals surface area contributed by atoms with E-state index in [2.05, 4.69) is 15.9 Å². The number of carbonyl (C=O) groups is 1. The number of carbonyl (C=O) groups excluding carboxylic acids is 1. The third-order valence-electron chi connectivity index (χ3n) is 1.42. The van der Waals surface area contributed by atoms with Gasteiger partial charge in [0.25, 0.3) is 0 Å². The van der Waals surface area contributed by atoms with Gasteiger partial charge in [0.1, 0.15) is 0 Å². The highest BCUT2D eigenvalue weighted by Crippen LogP contribution is 2.08. The smallest absolute Gasteiger partial charge is 0.176 e. The Morgan fingerprint density at radius 1 is 1.36 bits per heavy atom. The minimum atomic E-state index is -0.0927. The quantitative estimate of drug-likeness (QED) is 0.545. The summed E-state index contributed by atoms with van der Waals surface area (Å²) in [6.45, 7) is 1.83. The summed E-state index contributed by atoms with van der Waals surface area (Å²) in [5, 5.41) is 0. The van der Waals surface area contributed by atoms with Crippen LogP contribution in [-0.2, 0) is 0 Å². The van der Waals surface area contributed by atoms with Gasteiger partial charge in [0.15, 0.2) is 5.78 Å². The molecule has 0 fully saturated rings. The molecular formula is C9H9BrO. The van der Waals surface area contributed by atoms with Gasteiger partial charge in [-0.2, -0.15) is 0 Å². The average Bonchev–Trinajstić information content (AvgIpc) is 2.05. The lowest BCUT2D eigenvalue weighted by atomic mass is 10.1. The molecule has 0 spiro atoms. The molecule has 0 heterocycles. The van der Waals surface area contributed by atoms with E-state index in [1.165, 1.54) is 0 Å². The fraction of sp³-hybridized carbons (Fsp3) is 0.222. The summed E-state index contributed by atoms with van der Waals surface area (Å²) in [6.07, 6.45) is 0. The first-order valence-corrected chi connectivity index (χ1v) is 4.36. The molecule has 0 aromatic heterocycles.